The third kappa shape index (κ3) is 5.15. The lowest BCUT2D eigenvalue weighted by atomic mass is 10.1. The third-order valence-electron chi connectivity index (χ3n) is 5.34. The topological polar surface area (TPSA) is 72.3 Å². The van der Waals surface area contributed by atoms with Crippen molar-refractivity contribution in [2.45, 2.75) is 6.54 Å². The van der Waals surface area contributed by atoms with Gasteiger partial charge in [0.25, 0.3) is 5.91 Å². The number of benzene rings is 2. The molecule has 0 atom stereocenters. The van der Waals surface area contributed by atoms with Gasteiger partial charge in [0.05, 0.1) is 30.3 Å². The fourth-order valence-electron chi connectivity index (χ4n) is 3.66. The maximum absolute atomic E-state index is 13.3. The van der Waals surface area contributed by atoms with Crippen molar-refractivity contribution in [1.82, 2.24) is 19.7 Å². The number of nitrogens with one attached hydrogen (secondary N) is 1. The molecule has 1 aliphatic heterocycles. The summed E-state index contributed by atoms with van der Waals surface area (Å²) < 4.78 is 7.05. The standard InChI is InChI=1S/C24H22ClN5O2S/c25-18-8-6-17(7-9-18)21-14-22(30(28-21)20-4-2-1-3-5-20)23(31)27-24-26-19(16-33-24)15-29-10-12-32-13-11-29/h1-9,14,16H,10-13,15H2,(H,26,27,31). The second kappa shape index (κ2) is 9.84. The predicted molar refractivity (Wildman–Crippen MR) is 130 cm³/mol. The van der Waals surface area contributed by atoms with Crippen LogP contribution in [0.25, 0.3) is 16.9 Å². The van der Waals surface area contributed by atoms with Crippen molar-refractivity contribution in [3.63, 3.8) is 0 Å². The van der Waals surface area contributed by atoms with Gasteiger partial charge in [0.15, 0.2) is 5.13 Å². The van der Waals surface area contributed by atoms with Gasteiger partial charge in [0, 0.05) is 35.6 Å². The van der Waals surface area contributed by atoms with Gasteiger partial charge in [-0.05, 0) is 30.3 Å². The number of morpholine rings is 1. The van der Waals surface area contributed by atoms with E-state index in [1.165, 1.54) is 11.3 Å². The molecule has 0 radical (unpaired) electrons. The molecule has 0 saturated carbocycles. The lowest BCUT2D eigenvalue weighted by Crippen LogP contribution is -2.35. The zero-order valence-corrected chi connectivity index (χ0v) is 19.4. The van der Waals surface area contributed by atoms with Crippen molar-refractivity contribution in [3.05, 3.63) is 82.5 Å². The number of rotatable bonds is 6. The van der Waals surface area contributed by atoms with Crippen LogP contribution < -0.4 is 5.32 Å². The minimum atomic E-state index is -0.265. The smallest absolute Gasteiger partial charge is 0.276 e. The van der Waals surface area contributed by atoms with Crippen LogP contribution in [0.5, 0.6) is 0 Å². The lowest BCUT2D eigenvalue weighted by molar-refractivity contribution is 0.0337. The Morgan fingerprint density at radius 2 is 1.85 bits per heavy atom. The Hall–Kier alpha value is -3.04. The molecule has 0 unspecified atom stereocenters. The molecule has 1 N–H and O–H groups in total. The zero-order chi connectivity index (χ0) is 22.6. The molecule has 0 bridgehead atoms. The maximum atomic E-state index is 13.3. The van der Waals surface area contributed by atoms with E-state index in [1.54, 1.807) is 10.7 Å². The van der Waals surface area contributed by atoms with Crippen molar-refractivity contribution in [2.75, 3.05) is 31.6 Å². The predicted octanol–water partition coefficient (Wildman–Crippen LogP) is 4.73. The van der Waals surface area contributed by atoms with Crippen molar-refractivity contribution in [1.29, 1.82) is 0 Å². The number of carbonyl (C=O) groups is 1. The van der Waals surface area contributed by atoms with Crippen LogP contribution in [-0.4, -0.2) is 51.9 Å². The summed E-state index contributed by atoms with van der Waals surface area (Å²) in [4.78, 5) is 20.2. The summed E-state index contributed by atoms with van der Waals surface area (Å²) in [5, 5.41) is 10.8. The SMILES string of the molecule is O=C(Nc1nc(CN2CCOCC2)cs1)c1cc(-c2ccc(Cl)cc2)nn1-c1ccccc1. The maximum Gasteiger partial charge on any atom is 0.276 e. The molecule has 2 aromatic heterocycles. The van der Waals surface area contributed by atoms with E-state index in [-0.39, 0.29) is 5.91 Å². The summed E-state index contributed by atoms with van der Waals surface area (Å²) in [7, 11) is 0. The fourth-order valence-corrected chi connectivity index (χ4v) is 4.48. The Bertz CT molecular complexity index is 1230. The average molecular weight is 480 g/mol. The van der Waals surface area contributed by atoms with Crippen molar-refractivity contribution in [3.8, 4) is 16.9 Å². The van der Waals surface area contributed by atoms with E-state index in [1.807, 2.05) is 60.0 Å². The highest BCUT2D eigenvalue weighted by Crippen LogP contribution is 2.25. The van der Waals surface area contributed by atoms with E-state index in [2.05, 4.69) is 15.2 Å². The summed E-state index contributed by atoms with van der Waals surface area (Å²) >= 11 is 7.45. The summed E-state index contributed by atoms with van der Waals surface area (Å²) in [6, 6.07) is 18.8. The number of anilines is 1. The van der Waals surface area contributed by atoms with Crippen molar-refractivity contribution >= 4 is 34.0 Å². The Morgan fingerprint density at radius 3 is 2.61 bits per heavy atom. The number of aromatic nitrogens is 3. The minimum Gasteiger partial charge on any atom is -0.379 e. The van der Waals surface area contributed by atoms with E-state index >= 15 is 0 Å². The molecule has 1 saturated heterocycles. The molecule has 9 heteroatoms. The van der Waals surface area contributed by atoms with Gasteiger partial charge in [-0.15, -0.1) is 11.3 Å². The summed E-state index contributed by atoms with van der Waals surface area (Å²) in [6.07, 6.45) is 0. The molecule has 0 aliphatic carbocycles. The first-order chi connectivity index (χ1) is 16.2. The normalized spacial score (nSPS) is 14.3. The molecular formula is C24H22ClN5O2S. The molecular weight excluding hydrogens is 458 g/mol. The summed E-state index contributed by atoms with van der Waals surface area (Å²) in [5.41, 5.74) is 3.74. The number of amides is 1. The largest absolute Gasteiger partial charge is 0.379 e. The van der Waals surface area contributed by atoms with E-state index in [9.17, 15) is 4.79 Å². The van der Waals surface area contributed by atoms with Crippen LogP contribution in [0.4, 0.5) is 5.13 Å². The number of hydrogen-bond donors (Lipinski definition) is 1. The number of para-hydroxylation sites is 1. The van der Waals surface area contributed by atoms with Crippen LogP contribution in [0.1, 0.15) is 16.2 Å². The zero-order valence-electron chi connectivity index (χ0n) is 17.8. The Morgan fingerprint density at radius 1 is 1.09 bits per heavy atom. The molecule has 3 heterocycles. The molecule has 33 heavy (non-hydrogen) atoms. The minimum absolute atomic E-state index is 0.265. The number of nitrogens with zero attached hydrogens (tertiary/aromatic N) is 4. The third-order valence-corrected chi connectivity index (χ3v) is 6.40. The molecule has 0 spiro atoms. The molecule has 7 nitrogen and oxygen atoms in total. The van der Waals surface area contributed by atoms with Crippen LogP contribution in [0.15, 0.2) is 66.0 Å². The number of hydrogen-bond acceptors (Lipinski definition) is 6. The van der Waals surface area contributed by atoms with Crippen LogP contribution in [0, 0.1) is 0 Å². The van der Waals surface area contributed by atoms with Crippen LogP contribution in [-0.2, 0) is 11.3 Å². The van der Waals surface area contributed by atoms with Crippen LogP contribution in [0.3, 0.4) is 0 Å². The van der Waals surface area contributed by atoms with Gasteiger partial charge in [-0.1, -0.05) is 41.9 Å². The highest BCUT2D eigenvalue weighted by Gasteiger charge is 2.19. The molecule has 4 aromatic rings. The second-order valence-corrected chi connectivity index (χ2v) is 8.95. The van der Waals surface area contributed by atoms with Gasteiger partial charge in [-0.25, -0.2) is 9.67 Å². The van der Waals surface area contributed by atoms with Gasteiger partial charge in [-0.2, -0.15) is 5.10 Å². The van der Waals surface area contributed by atoms with Crippen LogP contribution >= 0.6 is 22.9 Å². The Balaban J connectivity index is 1.39. The summed E-state index contributed by atoms with van der Waals surface area (Å²) in [5.74, 6) is -0.265. The highest BCUT2D eigenvalue weighted by atomic mass is 35.5. The van der Waals surface area contributed by atoms with Gasteiger partial charge < -0.3 is 4.74 Å². The van der Waals surface area contributed by atoms with Gasteiger partial charge >= 0.3 is 0 Å². The number of carbonyl (C=O) groups excluding carboxylic acids is 1. The van der Waals surface area contributed by atoms with E-state index in [0.29, 0.717) is 21.5 Å². The molecule has 1 fully saturated rings. The van der Waals surface area contributed by atoms with Gasteiger partial charge in [-0.3, -0.25) is 15.0 Å². The number of ether oxygens (including phenoxy) is 1. The molecule has 168 valence electrons. The average Bonchev–Trinajstić information content (AvgIpc) is 3.48. The van der Waals surface area contributed by atoms with E-state index < -0.39 is 0 Å². The molecule has 1 aliphatic rings. The molecule has 1 amide bonds. The second-order valence-electron chi connectivity index (χ2n) is 7.66. The van der Waals surface area contributed by atoms with E-state index in [4.69, 9.17) is 21.4 Å². The lowest BCUT2D eigenvalue weighted by Gasteiger charge is -2.25. The summed E-state index contributed by atoms with van der Waals surface area (Å²) in [6.45, 7) is 4.02. The first kappa shape index (κ1) is 21.8. The quantitative estimate of drug-likeness (QED) is 0.432. The number of halogens is 1. The Kier molecular flexibility index (Phi) is 6.50. The van der Waals surface area contributed by atoms with Crippen molar-refractivity contribution < 1.29 is 9.53 Å². The van der Waals surface area contributed by atoms with E-state index in [0.717, 1.165) is 49.8 Å². The highest BCUT2D eigenvalue weighted by molar-refractivity contribution is 7.14. The van der Waals surface area contributed by atoms with Gasteiger partial charge in [0.2, 0.25) is 0 Å². The molecule has 5 rings (SSSR count). The van der Waals surface area contributed by atoms with Gasteiger partial charge in [0.1, 0.15) is 5.69 Å². The fraction of sp³-hybridized carbons (Fsp3) is 0.208. The first-order valence-corrected chi connectivity index (χ1v) is 11.9. The number of thiazole rings is 1. The molecule has 2 aromatic carbocycles. The van der Waals surface area contributed by atoms with Crippen LogP contribution in [0.2, 0.25) is 5.02 Å². The Labute approximate surface area is 200 Å². The monoisotopic (exact) mass is 479 g/mol. The van der Waals surface area contributed by atoms with Crippen molar-refractivity contribution in [2.24, 2.45) is 0 Å². The first-order valence-electron chi connectivity index (χ1n) is 10.6.